The van der Waals surface area contributed by atoms with Crippen molar-refractivity contribution < 1.29 is 14.5 Å². The number of nitro benzene ring substituents is 1. The van der Waals surface area contributed by atoms with Crippen LogP contribution in [0.3, 0.4) is 0 Å². The molecule has 0 atom stereocenters. The molecule has 0 bridgehead atoms. The van der Waals surface area contributed by atoms with E-state index in [1.807, 2.05) is 0 Å². The van der Waals surface area contributed by atoms with Gasteiger partial charge in [0, 0.05) is 49.2 Å². The summed E-state index contributed by atoms with van der Waals surface area (Å²) in [5.41, 5.74) is 2.07. The van der Waals surface area contributed by atoms with Gasteiger partial charge in [-0.05, 0) is 42.8 Å². The maximum absolute atomic E-state index is 12.0. The summed E-state index contributed by atoms with van der Waals surface area (Å²) in [6.07, 6.45) is 0.942. The van der Waals surface area contributed by atoms with Crippen LogP contribution in [-0.4, -0.2) is 30.5 Å². The monoisotopic (exact) mass is 371 g/mol. The average molecular weight is 371 g/mol. The second-order valence-corrected chi connectivity index (χ2v) is 5.66. The largest absolute Gasteiger partial charge is 0.385 e. The maximum Gasteiger partial charge on any atom is 0.318 e. The number of nitrogens with zero attached hydrogens (tertiary/aromatic N) is 1. The summed E-state index contributed by atoms with van der Waals surface area (Å²) in [6.45, 7) is 0.570. The van der Waals surface area contributed by atoms with Crippen LogP contribution in [0.15, 0.2) is 48.5 Å². The molecule has 2 aromatic rings. The lowest BCUT2D eigenvalue weighted by Gasteiger charge is -2.08. The molecule has 9 heteroatoms. The van der Waals surface area contributed by atoms with Gasteiger partial charge in [-0.3, -0.25) is 14.9 Å². The van der Waals surface area contributed by atoms with Gasteiger partial charge in [-0.1, -0.05) is 0 Å². The Morgan fingerprint density at radius 2 is 1.48 bits per heavy atom. The molecule has 0 radical (unpaired) electrons. The Kier molecular flexibility index (Phi) is 7.12. The van der Waals surface area contributed by atoms with Gasteiger partial charge in [-0.15, -0.1) is 0 Å². The zero-order chi connectivity index (χ0) is 19.6. The molecule has 2 aromatic carbocycles. The van der Waals surface area contributed by atoms with E-state index < -0.39 is 4.92 Å². The highest BCUT2D eigenvalue weighted by molar-refractivity contribution is 5.92. The average Bonchev–Trinajstić information content (AvgIpc) is 2.67. The number of rotatable bonds is 8. The van der Waals surface area contributed by atoms with Crippen molar-refractivity contribution in [3.05, 3.63) is 58.6 Å². The summed E-state index contributed by atoms with van der Waals surface area (Å²) >= 11 is 0. The van der Waals surface area contributed by atoms with Gasteiger partial charge < -0.3 is 21.3 Å². The molecule has 0 aromatic heterocycles. The predicted molar refractivity (Wildman–Crippen MR) is 104 cm³/mol. The van der Waals surface area contributed by atoms with Crippen LogP contribution >= 0.6 is 0 Å². The second kappa shape index (κ2) is 9.76. The van der Waals surface area contributed by atoms with Gasteiger partial charge >= 0.3 is 6.03 Å². The van der Waals surface area contributed by atoms with Crippen LogP contribution in [0.4, 0.5) is 27.5 Å². The summed E-state index contributed by atoms with van der Waals surface area (Å²) in [7, 11) is 1.53. The summed E-state index contributed by atoms with van der Waals surface area (Å²) in [4.78, 5) is 33.3. The number of non-ortho nitro benzene ring substituents is 1. The fourth-order valence-corrected chi connectivity index (χ4v) is 2.24. The fourth-order valence-electron chi connectivity index (χ4n) is 2.24. The first kappa shape index (κ1) is 19.7. The number of nitrogens with one attached hydrogen (secondary N) is 4. The molecule has 0 saturated heterocycles. The highest BCUT2D eigenvalue weighted by atomic mass is 16.6. The normalized spacial score (nSPS) is 9.96. The Bertz CT molecular complexity index is 790. The summed E-state index contributed by atoms with van der Waals surface area (Å²) < 4.78 is 0. The number of amides is 3. The van der Waals surface area contributed by atoms with Crippen molar-refractivity contribution in [2.75, 3.05) is 29.5 Å². The Labute approximate surface area is 156 Å². The van der Waals surface area contributed by atoms with Crippen molar-refractivity contribution >= 4 is 34.7 Å². The van der Waals surface area contributed by atoms with E-state index in [1.165, 1.54) is 19.2 Å². The SMILES string of the molecule is CNC(=O)Nc1ccc(NC(=O)CCCNc2ccc([N+](=O)[O-])cc2)cc1. The minimum absolute atomic E-state index is 0.0384. The van der Waals surface area contributed by atoms with E-state index in [0.29, 0.717) is 30.8 Å². The van der Waals surface area contributed by atoms with Gasteiger partial charge in [0.1, 0.15) is 0 Å². The molecule has 0 aliphatic rings. The molecule has 3 amide bonds. The lowest BCUT2D eigenvalue weighted by molar-refractivity contribution is -0.384. The Morgan fingerprint density at radius 1 is 0.926 bits per heavy atom. The van der Waals surface area contributed by atoms with Crippen LogP contribution in [0, 0.1) is 10.1 Å². The van der Waals surface area contributed by atoms with Gasteiger partial charge in [0.2, 0.25) is 5.91 Å². The standard InChI is InChI=1S/C18H21N5O4/c1-19-18(25)22-15-6-4-14(5-7-15)21-17(24)3-2-12-20-13-8-10-16(11-9-13)23(26)27/h4-11,20H,2-3,12H2,1H3,(H,21,24)(H2,19,22,25). The molecular weight excluding hydrogens is 350 g/mol. The molecule has 0 spiro atoms. The van der Waals surface area contributed by atoms with Gasteiger partial charge in [-0.25, -0.2) is 4.79 Å². The van der Waals surface area contributed by atoms with Crippen LogP contribution in [0.5, 0.6) is 0 Å². The molecule has 4 N–H and O–H groups in total. The lowest BCUT2D eigenvalue weighted by Crippen LogP contribution is -2.24. The molecule has 2 rings (SSSR count). The molecular formula is C18H21N5O4. The molecule has 0 fully saturated rings. The molecule has 0 heterocycles. The highest BCUT2D eigenvalue weighted by Crippen LogP contribution is 2.16. The summed E-state index contributed by atoms with van der Waals surface area (Å²) in [5, 5.41) is 21.6. The Hall–Kier alpha value is -3.62. The topological polar surface area (TPSA) is 125 Å². The maximum atomic E-state index is 12.0. The number of nitro groups is 1. The zero-order valence-electron chi connectivity index (χ0n) is 14.8. The number of urea groups is 1. The molecule has 0 saturated carbocycles. The third-order valence-corrected chi connectivity index (χ3v) is 3.64. The summed E-state index contributed by atoms with van der Waals surface area (Å²) in [5.74, 6) is -0.118. The zero-order valence-corrected chi connectivity index (χ0v) is 14.8. The quantitative estimate of drug-likeness (QED) is 0.322. The van der Waals surface area contributed by atoms with Gasteiger partial charge in [0.15, 0.2) is 0 Å². The smallest absolute Gasteiger partial charge is 0.318 e. The molecule has 0 unspecified atom stereocenters. The van der Waals surface area contributed by atoms with E-state index in [9.17, 15) is 19.7 Å². The van der Waals surface area contributed by atoms with Crippen molar-refractivity contribution in [1.82, 2.24) is 5.32 Å². The van der Waals surface area contributed by atoms with Crippen molar-refractivity contribution in [2.45, 2.75) is 12.8 Å². The first-order chi connectivity index (χ1) is 13.0. The first-order valence-corrected chi connectivity index (χ1v) is 8.35. The predicted octanol–water partition coefficient (Wildman–Crippen LogP) is 3.18. The number of anilines is 3. The van der Waals surface area contributed by atoms with E-state index in [4.69, 9.17) is 0 Å². The van der Waals surface area contributed by atoms with Crippen LogP contribution < -0.4 is 21.3 Å². The van der Waals surface area contributed by atoms with Crippen LogP contribution in [0.2, 0.25) is 0 Å². The molecule has 9 nitrogen and oxygen atoms in total. The van der Waals surface area contributed by atoms with E-state index in [1.54, 1.807) is 36.4 Å². The van der Waals surface area contributed by atoms with E-state index in [-0.39, 0.29) is 17.6 Å². The van der Waals surface area contributed by atoms with Gasteiger partial charge in [0.05, 0.1) is 4.92 Å². The molecule has 0 aliphatic heterocycles. The van der Waals surface area contributed by atoms with Crippen LogP contribution in [0.1, 0.15) is 12.8 Å². The molecule has 142 valence electrons. The van der Waals surface area contributed by atoms with Crippen molar-refractivity contribution in [3.63, 3.8) is 0 Å². The summed E-state index contributed by atoms with van der Waals surface area (Å²) in [6, 6.07) is 12.6. The van der Waals surface area contributed by atoms with E-state index >= 15 is 0 Å². The second-order valence-electron chi connectivity index (χ2n) is 5.66. The number of hydrogen-bond donors (Lipinski definition) is 4. The van der Waals surface area contributed by atoms with Crippen molar-refractivity contribution in [2.24, 2.45) is 0 Å². The van der Waals surface area contributed by atoms with Gasteiger partial charge in [-0.2, -0.15) is 0 Å². The Morgan fingerprint density at radius 3 is 2.04 bits per heavy atom. The molecule has 0 aliphatic carbocycles. The molecule has 27 heavy (non-hydrogen) atoms. The third-order valence-electron chi connectivity index (χ3n) is 3.64. The van der Waals surface area contributed by atoms with Crippen molar-refractivity contribution in [3.8, 4) is 0 Å². The number of hydrogen-bond acceptors (Lipinski definition) is 5. The van der Waals surface area contributed by atoms with E-state index in [0.717, 1.165) is 5.69 Å². The minimum atomic E-state index is -0.449. The number of carbonyl (C=O) groups excluding carboxylic acids is 2. The number of benzene rings is 2. The van der Waals surface area contributed by atoms with E-state index in [2.05, 4.69) is 21.3 Å². The fraction of sp³-hybridized carbons (Fsp3) is 0.222. The van der Waals surface area contributed by atoms with Crippen LogP contribution in [-0.2, 0) is 4.79 Å². The first-order valence-electron chi connectivity index (χ1n) is 8.35. The third kappa shape index (κ3) is 6.65. The van der Waals surface area contributed by atoms with Crippen molar-refractivity contribution in [1.29, 1.82) is 0 Å². The lowest BCUT2D eigenvalue weighted by atomic mass is 10.2. The van der Waals surface area contributed by atoms with Gasteiger partial charge in [0.25, 0.3) is 5.69 Å². The van der Waals surface area contributed by atoms with Crippen LogP contribution in [0.25, 0.3) is 0 Å². The minimum Gasteiger partial charge on any atom is -0.385 e. The number of carbonyl (C=O) groups is 2. The Balaban J connectivity index is 1.70. The highest BCUT2D eigenvalue weighted by Gasteiger charge is 2.05.